The first-order chi connectivity index (χ1) is 11.5. The number of anilines is 1. The number of carbonyl (C=O) groups is 3. The molecule has 1 aliphatic heterocycles. The van der Waals surface area contributed by atoms with Crippen molar-refractivity contribution >= 4 is 23.5 Å². The quantitative estimate of drug-likeness (QED) is 0.841. The molecule has 6 heteroatoms. The summed E-state index contributed by atoms with van der Waals surface area (Å²) < 4.78 is 0. The summed E-state index contributed by atoms with van der Waals surface area (Å²) in [6.45, 7) is 1.81. The third-order valence-electron chi connectivity index (χ3n) is 4.01. The SMILES string of the molecule is CC1(NCc2ccccc2)C(=O)NC(=O)N(c2ccccc2)C1=O. The minimum Gasteiger partial charge on any atom is -0.292 e. The standard InChI is InChI=1S/C18H17N3O3/c1-18(19-12-13-8-4-2-5-9-13)15(22)20-17(24)21(16(18)23)14-10-6-3-7-11-14/h2-11,19H,12H2,1H3,(H,20,22,24). The molecule has 1 heterocycles. The van der Waals surface area contributed by atoms with Gasteiger partial charge in [0.15, 0.2) is 5.54 Å². The lowest BCUT2D eigenvalue weighted by molar-refractivity contribution is -0.137. The van der Waals surface area contributed by atoms with Crippen molar-refractivity contribution in [3.05, 3.63) is 66.2 Å². The van der Waals surface area contributed by atoms with Gasteiger partial charge in [-0.05, 0) is 24.6 Å². The predicted octanol–water partition coefficient (Wildman–Crippen LogP) is 1.82. The lowest BCUT2D eigenvalue weighted by atomic mass is 9.96. The summed E-state index contributed by atoms with van der Waals surface area (Å²) in [5, 5.41) is 5.23. The highest BCUT2D eigenvalue weighted by Gasteiger charge is 2.50. The molecule has 0 aromatic heterocycles. The van der Waals surface area contributed by atoms with E-state index in [2.05, 4.69) is 10.6 Å². The normalized spacial score (nSPS) is 20.9. The Morgan fingerprint density at radius 2 is 1.54 bits per heavy atom. The van der Waals surface area contributed by atoms with Gasteiger partial charge in [-0.25, -0.2) is 9.69 Å². The molecule has 1 aliphatic rings. The van der Waals surface area contributed by atoms with Crippen LogP contribution in [0.3, 0.4) is 0 Å². The molecular formula is C18H17N3O3. The largest absolute Gasteiger partial charge is 0.335 e. The first-order valence-electron chi connectivity index (χ1n) is 7.56. The summed E-state index contributed by atoms with van der Waals surface area (Å²) >= 11 is 0. The fourth-order valence-electron chi connectivity index (χ4n) is 2.53. The number of urea groups is 1. The molecule has 1 unspecified atom stereocenters. The first-order valence-corrected chi connectivity index (χ1v) is 7.56. The Morgan fingerprint density at radius 3 is 2.17 bits per heavy atom. The Bertz CT molecular complexity index is 777. The van der Waals surface area contributed by atoms with Crippen LogP contribution in [-0.2, 0) is 16.1 Å². The molecule has 0 aliphatic carbocycles. The van der Waals surface area contributed by atoms with Gasteiger partial charge in [0.05, 0.1) is 5.69 Å². The Morgan fingerprint density at radius 1 is 0.958 bits per heavy atom. The van der Waals surface area contributed by atoms with Gasteiger partial charge in [0.25, 0.3) is 11.8 Å². The number of hydrogen-bond donors (Lipinski definition) is 2. The highest BCUT2D eigenvalue weighted by atomic mass is 16.2. The van der Waals surface area contributed by atoms with Crippen LogP contribution in [0.5, 0.6) is 0 Å². The van der Waals surface area contributed by atoms with Gasteiger partial charge in [0.1, 0.15) is 0 Å². The van der Waals surface area contributed by atoms with E-state index in [9.17, 15) is 14.4 Å². The average molecular weight is 323 g/mol. The van der Waals surface area contributed by atoms with Crippen LogP contribution in [0.25, 0.3) is 0 Å². The van der Waals surface area contributed by atoms with Gasteiger partial charge in [-0.15, -0.1) is 0 Å². The molecule has 3 rings (SSSR count). The van der Waals surface area contributed by atoms with E-state index in [1.165, 1.54) is 6.92 Å². The van der Waals surface area contributed by atoms with E-state index < -0.39 is 23.4 Å². The van der Waals surface area contributed by atoms with Crippen LogP contribution in [0.1, 0.15) is 12.5 Å². The molecule has 0 radical (unpaired) electrons. The molecule has 2 aromatic rings. The zero-order valence-corrected chi connectivity index (χ0v) is 13.2. The van der Waals surface area contributed by atoms with Gasteiger partial charge < -0.3 is 0 Å². The van der Waals surface area contributed by atoms with Crippen molar-refractivity contribution in [3.8, 4) is 0 Å². The van der Waals surface area contributed by atoms with Crippen LogP contribution in [-0.4, -0.2) is 23.4 Å². The van der Waals surface area contributed by atoms with Crippen molar-refractivity contribution in [2.45, 2.75) is 19.0 Å². The summed E-state index contributed by atoms with van der Waals surface area (Å²) in [5.41, 5.74) is -0.178. The van der Waals surface area contributed by atoms with Crippen LogP contribution >= 0.6 is 0 Å². The van der Waals surface area contributed by atoms with Crippen LogP contribution in [0, 0.1) is 0 Å². The number of hydrogen-bond acceptors (Lipinski definition) is 4. The van der Waals surface area contributed by atoms with Gasteiger partial charge >= 0.3 is 6.03 Å². The van der Waals surface area contributed by atoms with Gasteiger partial charge in [0, 0.05) is 6.54 Å². The summed E-state index contributed by atoms with van der Waals surface area (Å²) in [7, 11) is 0. The number of amides is 4. The van der Waals surface area contributed by atoms with Crippen molar-refractivity contribution in [2.24, 2.45) is 0 Å². The Kier molecular flexibility index (Phi) is 4.14. The van der Waals surface area contributed by atoms with Crippen LogP contribution in [0.4, 0.5) is 10.5 Å². The summed E-state index contributed by atoms with van der Waals surface area (Å²) in [6, 6.07) is 17.2. The third-order valence-corrected chi connectivity index (χ3v) is 4.01. The maximum absolute atomic E-state index is 12.9. The molecule has 0 bridgehead atoms. The Balaban J connectivity index is 1.87. The van der Waals surface area contributed by atoms with E-state index >= 15 is 0 Å². The highest BCUT2D eigenvalue weighted by molar-refractivity contribution is 6.32. The maximum Gasteiger partial charge on any atom is 0.335 e. The molecule has 24 heavy (non-hydrogen) atoms. The molecule has 6 nitrogen and oxygen atoms in total. The molecule has 2 aromatic carbocycles. The summed E-state index contributed by atoms with van der Waals surface area (Å²) in [6.07, 6.45) is 0. The average Bonchev–Trinajstić information content (AvgIpc) is 2.60. The second-order valence-electron chi connectivity index (χ2n) is 5.70. The smallest absolute Gasteiger partial charge is 0.292 e. The molecule has 2 N–H and O–H groups in total. The lowest BCUT2D eigenvalue weighted by Crippen LogP contribution is -2.72. The van der Waals surface area contributed by atoms with E-state index in [0.717, 1.165) is 10.5 Å². The number of barbiturate groups is 1. The second-order valence-corrected chi connectivity index (χ2v) is 5.70. The second kappa shape index (κ2) is 6.25. The third kappa shape index (κ3) is 2.79. The number of carbonyl (C=O) groups excluding carboxylic acids is 3. The summed E-state index contributed by atoms with van der Waals surface area (Å²) in [4.78, 5) is 38.3. The van der Waals surface area contributed by atoms with Crippen LogP contribution in [0.15, 0.2) is 60.7 Å². The number of rotatable bonds is 4. The lowest BCUT2D eigenvalue weighted by Gasteiger charge is -2.37. The fraction of sp³-hybridized carbons (Fsp3) is 0.167. The van der Waals surface area contributed by atoms with Crippen molar-refractivity contribution in [1.29, 1.82) is 0 Å². The molecule has 4 amide bonds. The number of nitrogens with one attached hydrogen (secondary N) is 2. The van der Waals surface area contributed by atoms with E-state index in [4.69, 9.17) is 0 Å². The van der Waals surface area contributed by atoms with Crippen molar-refractivity contribution in [1.82, 2.24) is 10.6 Å². The molecule has 1 fully saturated rings. The van der Waals surface area contributed by atoms with Gasteiger partial charge in [-0.2, -0.15) is 0 Å². The van der Waals surface area contributed by atoms with Gasteiger partial charge in [-0.1, -0.05) is 48.5 Å². The Labute approximate surface area is 139 Å². The van der Waals surface area contributed by atoms with E-state index in [-0.39, 0.29) is 0 Å². The molecule has 0 saturated carbocycles. The number of benzene rings is 2. The zero-order chi connectivity index (χ0) is 17.2. The van der Waals surface area contributed by atoms with Crippen molar-refractivity contribution in [3.63, 3.8) is 0 Å². The topological polar surface area (TPSA) is 78.5 Å². The predicted molar refractivity (Wildman–Crippen MR) is 89.2 cm³/mol. The van der Waals surface area contributed by atoms with E-state index in [0.29, 0.717) is 12.2 Å². The van der Waals surface area contributed by atoms with Crippen LogP contribution in [0.2, 0.25) is 0 Å². The fourth-order valence-corrected chi connectivity index (χ4v) is 2.53. The van der Waals surface area contributed by atoms with Crippen LogP contribution < -0.4 is 15.5 Å². The molecule has 1 saturated heterocycles. The van der Waals surface area contributed by atoms with E-state index in [1.807, 2.05) is 30.3 Å². The molecule has 0 spiro atoms. The highest BCUT2D eigenvalue weighted by Crippen LogP contribution is 2.23. The first kappa shape index (κ1) is 15.9. The maximum atomic E-state index is 12.9. The van der Waals surface area contributed by atoms with Gasteiger partial charge in [0.2, 0.25) is 0 Å². The molecular weight excluding hydrogens is 306 g/mol. The minimum atomic E-state index is -1.53. The van der Waals surface area contributed by atoms with Crippen molar-refractivity contribution in [2.75, 3.05) is 4.90 Å². The number of imide groups is 2. The Hall–Kier alpha value is -2.99. The molecule has 1 atom stereocenters. The monoisotopic (exact) mass is 323 g/mol. The number of nitrogens with zero attached hydrogens (tertiary/aromatic N) is 1. The number of para-hydroxylation sites is 1. The molecule has 122 valence electrons. The minimum absolute atomic E-state index is 0.327. The van der Waals surface area contributed by atoms with E-state index in [1.54, 1.807) is 30.3 Å². The summed E-state index contributed by atoms with van der Waals surface area (Å²) in [5.74, 6) is -1.25. The zero-order valence-electron chi connectivity index (χ0n) is 13.2. The van der Waals surface area contributed by atoms with Crippen molar-refractivity contribution < 1.29 is 14.4 Å². The van der Waals surface area contributed by atoms with Gasteiger partial charge in [-0.3, -0.25) is 20.2 Å².